The van der Waals surface area contributed by atoms with Crippen LogP contribution in [0.5, 0.6) is 0 Å². The molecule has 4 N–H and O–H groups in total. The van der Waals surface area contributed by atoms with Gasteiger partial charge in [-0.25, -0.2) is 9.87 Å². The van der Waals surface area contributed by atoms with E-state index in [-0.39, 0.29) is 35.2 Å². The lowest BCUT2D eigenvalue weighted by Crippen LogP contribution is -2.38. The van der Waals surface area contributed by atoms with E-state index in [2.05, 4.69) is 10.6 Å². The van der Waals surface area contributed by atoms with Gasteiger partial charge >= 0.3 is 0 Å². The average molecular weight is 539 g/mol. The van der Waals surface area contributed by atoms with Gasteiger partial charge in [0.1, 0.15) is 0 Å². The largest absolute Gasteiger partial charge is 0.369 e. The van der Waals surface area contributed by atoms with Gasteiger partial charge in [0.05, 0.1) is 11.4 Å². The molecular weight excluding hydrogens is 503 g/mol. The smallest absolute Gasteiger partial charge is 0.274 e. The molecule has 0 aliphatic carbocycles. The topological polar surface area (TPSA) is 128 Å². The number of nitrogens with zero attached hydrogens (tertiary/aromatic N) is 1. The zero-order valence-corrected chi connectivity index (χ0v) is 22.6. The summed E-state index contributed by atoms with van der Waals surface area (Å²) < 4.78 is 15.8. The highest BCUT2D eigenvalue weighted by Gasteiger charge is 2.41. The Labute approximate surface area is 227 Å². The maximum absolute atomic E-state index is 15.8. The fraction of sp³-hybridized carbons (Fsp3) is 0.379. The normalized spacial score (nSPS) is 15.0. The van der Waals surface area contributed by atoms with Gasteiger partial charge in [-0.3, -0.25) is 24.4 Å². The number of hydrogen-bond donors (Lipinski definition) is 4. The third-order valence-corrected chi connectivity index (χ3v) is 6.72. The van der Waals surface area contributed by atoms with Gasteiger partial charge in [-0.05, 0) is 41.5 Å². The van der Waals surface area contributed by atoms with Crippen molar-refractivity contribution in [1.29, 1.82) is 0 Å². The van der Waals surface area contributed by atoms with Crippen molar-refractivity contribution in [2.45, 2.75) is 39.3 Å². The molecule has 0 aromatic heterocycles. The van der Waals surface area contributed by atoms with E-state index < -0.39 is 23.4 Å². The molecule has 2 aromatic carbocycles. The first-order valence-corrected chi connectivity index (χ1v) is 12.7. The van der Waals surface area contributed by atoms with Gasteiger partial charge in [0.2, 0.25) is 5.91 Å². The standard InChI is InChI=1S/C29H35FN4O5/c1-19(15-24(36)33-39)16-28(2,3)17-31-26(37)21-10-12-22(13-11-21)29(30,18-35)27(38)32-23-9-5-7-20-8-6-14-34(4)25(20)23/h5-13,18-19,39H,14-17H2,1-4H3,(H,31,37)(H,32,38)(H,33,36). The van der Waals surface area contributed by atoms with Gasteiger partial charge in [0.25, 0.3) is 17.5 Å². The molecule has 0 saturated carbocycles. The molecule has 0 spiro atoms. The first-order valence-electron chi connectivity index (χ1n) is 12.7. The minimum absolute atomic E-state index is 0.0197. The predicted octanol–water partition coefficient (Wildman–Crippen LogP) is 3.83. The van der Waals surface area contributed by atoms with Gasteiger partial charge in [0, 0.05) is 37.7 Å². The summed E-state index contributed by atoms with van der Waals surface area (Å²) >= 11 is 0. The second-order valence-corrected chi connectivity index (χ2v) is 10.8. The number of halogens is 1. The van der Waals surface area contributed by atoms with Crippen LogP contribution in [0.2, 0.25) is 0 Å². The maximum atomic E-state index is 15.8. The summed E-state index contributed by atoms with van der Waals surface area (Å²) in [6.45, 7) is 6.71. The third kappa shape index (κ3) is 7.08. The van der Waals surface area contributed by atoms with Crippen LogP contribution in [-0.4, -0.2) is 49.4 Å². The minimum Gasteiger partial charge on any atom is -0.369 e. The van der Waals surface area contributed by atoms with Crippen molar-refractivity contribution in [3.05, 3.63) is 65.2 Å². The molecular formula is C29H35FN4O5. The number of para-hydroxylation sites is 1. The van der Waals surface area contributed by atoms with Crippen LogP contribution < -0.4 is 21.0 Å². The Morgan fingerprint density at radius 3 is 2.49 bits per heavy atom. The molecule has 2 aromatic rings. The van der Waals surface area contributed by atoms with Gasteiger partial charge in [-0.2, -0.15) is 0 Å². The number of hydrogen-bond acceptors (Lipinski definition) is 6. The van der Waals surface area contributed by atoms with Crippen molar-refractivity contribution in [2.24, 2.45) is 11.3 Å². The van der Waals surface area contributed by atoms with Crippen molar-refractivity contribution in [1.82, 2.24) is 10.8 Å². The Bertz CT molecular complexity index is 1260. The number of anilines is 2. The van der Waals surface area contributed by atoms with Crippen LogP contribution in [0, 0.1) is 11.3 Å². The number of rotatable bonds is 11. The Morgan fingerprint density at radius 1 is 1.15 bits per heavy atom. The zero-order valence-electron chi connectivity index (χ0n) is 22.6. The predicted molar refractivity (Wildman–Crippen MR) is 147 cm³/mol. The molecule has 0 fully saturated rings. The van der Waals surface area contributed by atoms with Crippen molar-refractivity contribution in [3.63, 3.8) is 0 Å². The van der Waals surface area contributed by atoms with Crippen molar-refractivity contribution in [3.8, 4) is 0 Å². The molecule has 10 heteroatoms. The number of benzene rings is 2. The number of alkyl halides is 1. The van der Waals surface area contributed by atoms with Crippen LogP contribution in [0.4, 0.5) is 15.8 Å². The fourth-order valence-electron chi connectivity index (χ4n) is 4.85. The number of nitrogens with one attached hydrogen (secondary N) is 3. The first kappa shape index (κ1) is 29.5. The summed E-state index contributed by atoms with van der Waals surface area (Å²) in [6.07, 6.45) is 4.61. The molecule has 9 nitrogen and oxygen atoms in total. The first-order chi connectivity index (χ1) is 18.4. The summed E-state index contributed by atoms with van der Waals surface area (Å²) in [5, 5.41) is 14.1. The Balaban J connectivity index is 1.67. The van der Waals surface area contributed by atoms with Crippen molar-refractivity contribution in [2.75, 3.05) is 30.4 Å². The molecule has 1 aliphatic heterocycles. The lowest BCUT2D eigenvalue weighted by atomic mass is 9.82. The van der Waals surface area contributed by atoms with Crippen molar-refractivity contribution < 1.29 is 28.8 Å². The minimum atomic E-state index is -2.96. The average Bonchev–Trinajstić information content (AvgIpc) is 2.91. The molecule has 0 saturated heterocycles. The monoisotopic (exact) mass is 538 g/mol. The van der Waals surface area contributed by atoms with Gasteiger partial charge in [-0.15, -0.1) is 0 Å². The Hall–Kier alpha value is -4.05. The highest BCUT2D eigenvalue weighted by atomic mass is 19.1. The van der Waals surface area contributed by atoms with Crippen molar-refractivity contribution >= 4 is 41.5 Å². The molecule has 1 heterocycles. The quantitative estimate of drug-likeness (QED) is 0.149. The van der Waals surface area contributed by atoms with Crippen LogP contribution in [0.25, 0.3) is 6.08 Å². The molecule has 3 rings (SSSR count). The van der Waals surface area contributed by atoms with Crippen LogP contribution in [0.3, 0.4) is 0 Å². The summed E-state index contributed by atoms with van der Waals surface area (Å²) in [5.74, 6) is -2.02. The van der Waals surface area contributed by atoms with E-state index in [9.17, 15) is 19.2 Å². The SMILES string of the molecule is CC(CC(=O)NO)CC(C)(C)CNC(=O)c1ccc(C(F)(C=O)C(=O)Nc2cccc3c2N(C)CC=C3)cc1. The molecule has 208 valence electrons. The van der Waals surface area contributed by atoms with Crippen LogP contribution in [0.15, 0.2) is 48.5 Å². The van der Waals surface area contributed by atoms with E-state index in [1.807, 2.05) is 50.9 Å². The lowest BCUT2D eigenvalue weighted by Gasteiger charge is -2.28. The number of likely N-dealkylation sites (N-methyl/N-ethyl adjacent to an activating group) is 1. The van der Waals surface area contributed by atoms with E-state index in [4.69, 9.17) is 5.21 Å². The summed E-state index contributed by atoms with van der Waals surface area (Å²) in [7, 11) is 1.85. The molecule has 39 heavy (non-hydrogen) atoms. The second-order valence-electron chi connectivity index (χ2n) is 10.8. The molecule has 1 aliphatic rings. The number of carbonyl (C=O) groups excluding carboxylic acids is 4. The van der Waals surface area contributed by atoms with E-state index in [0.717, 1.165) is 11.3 Å². The molecule has 2 unspecified atom stereocenters. The molecule has 0 radical (unpaired) electrons. The van der Waals surface area contributed by atoms with E-state index in [1.165, 1.54) is 24.3 Å². The highest BCUT2D eigenvalue weighted by molar-refractivity contribution is 6.10. The van der Waals surface area contributed by atoms with Crippen LogP contribution >= 0.6 is 0 Å². The van der Waals surface area contributed by atoms with Crippen LogP contribution in [0.1, 0.15) is 55.1 Å². The van der Waals surface area contributed by atoms with Gasteiger partial charge in [-0.1, -0.05) is 57.2 Å². The Kier molecular flexibility index (Phi) is 9.24. The molecule has 0 bridgehead atoms. The van der Waals surface area contributed by atoms with E-state index >= 15 is 4.39 Å². The number of carbonyl (C=O) groups is 4. The van der Waals surface area contributed by atoms with Gasteiger partial charge in [0.15, 0.2) is 6.29 Å². The highest BCUT2D eigenvalue weighted by Crippen LogP contribution is 2.35. The number of hydroxylamine groups is 1. The van der Waals surface area contributed by atoms with Gasteiger partial charge < -0.3 is 15.5 Å². The lowest BCUT2D eigenvalue weighted by molar-refractivity contribution is -0.135. The van der Waals surface area contributed by atoms with E-state index in [0.29, 0.717) is 25.2 Å². The van der Waals surface area contributed by atoms with Crippen LogP contribution in [-0.2, 0) is 20.1 Å². The Morgan fingerprint density at radius 2 is 1.85 bits per heavy atom. The fourth-order valence-corrected chi connectivity index (χ4v) is 4.85. The molecule has 2 atom stereocenters. The number of fused-ring (bicyclic) bond motifs is 1. The summed E-state index contributed by atoms with van der Waals surface area (Å²) in [4.78, 5) is 50.8. The second kappa shape index (κ2) is 12.2. The third-order valence-electron chi connectivity index (χ3n) is 6.72. The number of aldehydes is 1. The number of amides is 3. The summed E-state index contributed by atoms with van der Waals surface area (Å²) in [6, 6.07) is 10.5. The van der Waals surface area contributed by atoms with E-state index in [1.54, 1.807) is 17.6 Å². The zero-order chi connectivity index (χ0) is 28.8. The summed E-state index contributed by atoms with van der Waals surface area (Å²) in [5.41, 5.74) is 0.339. The maximum Gasteiger partial charge on any atom is 0.274 e. The molecule has 3 amide bonds.